The number of piperidine rings is 1. The van der Waals surface area contributed by atoms with Crippen LogP contribution in [0.4, 0.5) is 11.5 Å². The van der Waals surface area contributed by atoms with Crippen molar-refractivity contribution in [3.05, 3.63) is 90.1 Å². The fourth-order valence-electron chi connectivity index (χ4n) is 5.45. The number of methoxy groups -OCH3 is 1. The highest BCUT2D eigenvalue weighted by molar-refractivity contribution is 6.12. The number of hydrogen-bond donors (Lipinski definition) is 1. The number of ether oxygens (including phenoxy) is 1. The molecule has 0 spiro atoms. The summed E-state index contributed by atoms with van der Waals surface area (Å²) in [4.78, 5) is 60.9. The Kier molecular flexibility index (Phi) is 8.91. The van der Waals surface area contributed by atoms with Crippen molar-refractivity contribution in [3.8, 4) is 17.1 Å². The Balaban J connectivity index is 1.43. The lowest BCUT2D eigenvalue weighted by Crippen LogP contribution is -2.63. The molecule has 44 heavy (non-hydrogen) atoms. The number of likely N-dealkylation sites (N-methyl/N-ethyl adjacent to an activating group) is 1. The van der Waals surface area contributed by atoms with E-state index in [1.165, 1.54) is 31.8 Å². The molecule has 226 valence electrons. The van der Waals surface area contributed by atoms with Crippen molar-refractivity contribution in [3.63, 3.8) is 0 Å². The highest BCUT2D eigenvalue weighted by atomic mass is 16.5. The van der Waals surface area contributed by atoms with E-state index in [9.17, 15) is 19.5 Å². The summed E-state index contributed by atoms with van der Waals surface area (Å²) in [5, 5.41) is 9.17. The van der Waals surface area contributed by atoms with Gasteiger partial charge in [-0.25, -0.2) is 19.7 Å². The van der Waals surface area contributed by atoms with Gasteiger partial charge in [0.1, 0.15) is 17.7 Å². The zero-order chi connectivity index (χ0) is 31.3. The molecule has 4 aromatic rings. The van der Waals surface area contributed by atoms with Crippen molar-refractivity contribution in [2.75, 3.05) is 37.0 Å². The zero-order valence-corrected chi connectivity index (χ0v) is 24.8. The Morgan fingerprint density at radius 1 is 1.05 bits per heavy atom. The molecule has 12 heteroatoms. The van der Waals surface area contributed by atoms with Gasteiger partial charge < -0.3 is 14.7 Å². The molecule has 12 nitrogen and oxygen atoms in total. The number of aromatic nitrogens is 4. The number of nitrogens with zero attached hydrogens (tertiary/aromatic N) is 7. The molecule has 1 fully saturated rings. The lowest BCUT2D eigenvalue weighted by atomic mass is 9.84. The van der Waals surface area contributed by atoms with Gasteiger partial charge in [-0.1, -0.05) is 18.2 Å². The second-order valence-electron chi connectivity index (χ2n) is 10.6. The van der Waals surface area contributed by atoms with E-state index in [1.807, 2.05) is 24.0 Å². The Morgan fingerprint density at radius 2 is 1.80 bits per heavy atom. The summed E-state index contributed by atoms with van der Waals surface area (Å²) in [5.74, 6) is -0.571. The average molecular weight is 596 g/mol. The van der Waals surface area contributed by atoms with E-state index in [0.29, 0.717) is 67.5 Å². The van der Waals surface area contributed by atoms with Gasteiger partial charge in [-0.05, 0) is 55.7 Å². The quantitative estimate of drug-likeness (QED) is 0.269. The number of rotatable bonds is 10. The third-order valence-corrected chi connectivity index (χ3v) is 8.17. The number of pyridine rings is 2. The first-order valence-corrected chi connectivity index (χ1v) is 14.1. The highest BCUT2D eigenvalue weighted by Crippen LogP contribution is 2.35. The van der Waals surface area contributed by atoms with Crippen molar-refractivity contribution in [1.29, 1.82) is 0 Å². The third-order valence-electron chi connectivity index (χ3n) is 8.17. The molecule has 1 aromatic carbocycles. The van der Waals surface area contributed by atoms with Gasteiger partial charge in [-0.2, -0.15) is 0 Å². The number of aryl methyl sites for hydroxylation is 1. The first-order chi connectivity index (χ1) is 21.3. The first-order valence-electron chi connectivity index (χ1n) is 14.1. The number of aromatic carboxylic acids is 1. The molecule has 3 aromatic heterocycles. The van der Waals surface area contributed by atoms with Gasteiger partial charge >= 0.3 is 5.97 Å². The standard InChI is InChI=1S/C32H33N7O5/c1-22-5-4-14-33-27(22)19-38-15-12-32(13-16-38,37(2)28-17-29(44-3)36-20-35-28)31(43)39(21-40)25-10-11-26(34-18-25)23-6-8-24(9-7-23)30(41)42/h4-11,14,17-18,20-21H,12-13,15-16,19H2,1-3H3,(H,41,42). The van der Waals surface area contributed by atoms with E-state index < -0.39 is 17.4 Å². The molecule has 0 unspecified atom stereocenters. The SMILES string of the molecule is COc1cc(N(C)C2(C(=O)N(C=O)c3ccc(-c4ccc(C(=O)O)cc4)nc3)CCN(Cc3ncccc3C)CC2)ncn1. The number of anilines is 2. The zero-order valence-electron chi connectivity index (χ0n) is 24.8. The maximum absolute atomic E-state index is 14.5. The minimum Gasteiger partial charge on any atom is -0.481 e. The Morgan fingerprint density at radius 3 is 2.41 bits per heavy atom. The van der Waals surface area contributed by atoms with Gasteiger partial charge in [0.15, 0.2) is 0 Å². The summed E-state index contributed by atoms with van der Waals surface area (Å²) in [6, 6.07) is 15.3. The normalized spacial score (nSPS) is 14.4. The monoisotopic (exact) mass is 595 g/mol. The minimum absolute atomic E-state index is 0.167. The van der Waals surface area contributed by atoms with Crippen LogP contribution >= 0.6 is 0 Å². The van der Waals surface area contributed by atoms with Gasteiger partial charge in [0, 0.05) is 44.5 Å². The van der Waals surface area contributed by atoms with Crippen LogP contribution in [0.15, 0.2) is 73.3 Å². The van der Waals surface area contributed by atoms with Gasteiger partial charge in [-0.3, -0.25) is 24.5 Å². The number of carboxylic acids is 1. The molecular weight excluding hydrogens is 562 g/mol. The molecule has 1 aliphatic rings. The fraction of sp³-hybridized carbons (Fsp3) is 0.281. The van der Waals surface area contributed by atoms with Gasteiger partial charge in [-0.15, -0.1) is 0 Å². The van der Waals surface area contributed by atoms with Crippen LogP contribution in [-0.2, 0) is 16.1 Å². The molecule has 0 radical (unpaired) electrons. The van der Waals surface area contributed by atoms with E-state index in [-0.39, 0.29) is 5.56 Å². The molecule has 5 rings (SSSR count). The minimum atomic E-state index is -1.11. The van der Waals surface area contributed by atoms with Crippen molar-refractivity contribution < 1.29 is 24.2 Å². The summed E-state index contributed by atoms with van der Waals surface area (Å²) >= 11 is 0. The Labute approximate surface area is 255 Å². The summed E-state index contributed by atoms with van der Waals surface area (Å²) in [7, 11) is 3.31. The van der Waals surface area contributed by atoms with Crippen LogP contribution < -0.4 is 14.5 Å². The smallest absolute Gasteiger partial charge is 0.335 e. The molecule has 0 saturated carbocycles. The second-order valence-corrected chi connectivity index (χ2v) is 10.6. The first kappa shape index (κ1) is 30.2. The lowest BCUT2D eigenvalue weighted by Gasteiger charge is -2.47. The topological polar surface area (TPSA) is 142 Å². The van der Waals surface area contributed by atoms with Crippen LogP contribution in [0.3, 0.4) is 0 Å². The van der Waals surface area contributed by atoms with E-state index >= 15 is 0 Å². The van der Waals surface area contributed by atoms with E-state index in [0.717, 1.165) is 16.2 Å². The van der Waals surface area contributed by atoms with E-state index in [2.05, 4.69) is 24.8 Å². The van der Waals surface area contributed by atoms with Crippen molar-refractivity contribution in [1.82, 2.24) is 24.8 Å². The average Bonchev–Trinajstić information content (AvgIpc) is 3.06. The fourth-order valence-corrected chi connectivity index (χ4v) is 5.45. The summed E-state index contributed by atoms with van der Waals surface area (Å²) in [5.41, 5.74) is 2.74. The molecule has 1 aliphatic heterocycles. The molecule has 1 saturated heterocycles. The van der Waals surface area contributed by atoms with E-state index in [1.54, 1.807) is 43.6 Å². The molecule has 0 bridgehead atoms. The lowest BCUT2D eigenvalue weighted by molar-refractivity contribution is -0.127. The number of carboxylic acid groups (broad SMARTS) is 1. The molecule has 0 aliphatic carbocycles. The van der Waals surface area contributed by atoms with Crippen LogP contribution in [-0.4, -0.2) is 81.0 Å². The summed E-state index contributed by atoms with van der Waals surface area (Å²) in [6.45, 7) is 3.86. The van der Waals surface area contributed by atoms with Crippen LogP contribution in [0.1, 0.15) is 34.5 Å². The van der Waals surface area contributed by atoms with Crippen LogP contribution in [0.2, 0.25) is 0 Å². The summed E-state index contributed by atoms with van der Waals surface area (Å²) in [6.07, 6.45) is 5.99. The maximum atomic E-state index is 14.5. The molecule has 2 amide bonds. The number of hydrogen-bond acceptors (Lipinski definition) is 10. The molecule has 4 heterocycles. The number of imide groups is 1. The largest absolute Gasteiger partial charge is 0.481 e. The second kappa shape index (κ2) is 13.0. The number of carbonyl (C=O) groups excluding carboxylic acids is 2. The highest BCUT2D eigenvalue weighted by Gasteiger charge is 2.48. The van der Waals surface area contributed by atoms with Crippen molar-refractivity contribution in [2.45, 2.75) is 31.8 Å². The van der Waals surface area contributed by atoms with Crippen LogP contribution in [0, 0.1) is 6.92 Å². The number of benzene rings is 1. The molecule has 1 N–H and O–H groups in total. The third kappa shape index (κ3) is 6.11. The predicted octanol–water partition coefficient (Wildman–Crippen LogP) is 3.61. The van der Waals surface area contributed by atoms with Crippen LogP contribution in [0.5, 0.6) is 5.88 Å². The Hall–Kier alpha value is -5.23. The van der Waals surface area contributed by atoms with Crippen molar-refractivity contribution >= 4 is 29.8 Å². The van der Waals surface area contributed by atoms with Gasteiger partial charge in [0.05, 0.1) is 35.9 Å². The van der Waals surface area contributed by atoms with Gasteiger partial charge in [0.25, 0.3) is 5.91 Å². The van der Waals surface area contributed by atoms with Crippen molar-refractivity contribution in [2.24, 2.45) is 0 Å². The molecular formula is C32H33N7O5. The van der Waals surface area contributed by atoms with Crippen LogP contribution in [0.25, 0.3) is 11.3 Å². The number of likely N-dealkylation sites (tertiary alicyclic amines) is 1. The number of amides is 2. The van der Waals surface area contributed by atoms with Gasteiger partial charge in [0.2, 0.25) is 12.3 Å². The Bertz CT molecular complexity index is 1640. The summed E-state index contributed by atoms with van der Waals surface area (Å²) < 4.78 is 5.30. The predicted molar refractivity (Wildman–Crippen MR) is 163 cm³/mol. The van der Waals surface area contributed by atoms with E-state index in [4.69, 9.17) is 4.74 Å². The molecule has 0 atom stereocenters. The maximum Gasteiger partial charge on any atom is 0.335 e. The number of carbonyl (C=O) groups is 3.